The molecule has 25 heavy (non-hydrogen) atoms. The van der Waals surface area contributed by atoms with Gasteiger partial charge in [0.25, 0.3) is 0 Å². The number of nitrogens with zero attached hydrogens (tertiary/aromatic N) is 2. The second-order valence-electron chi connectivity index (χ2n) is 7.17. The van der Waals surface area contributed by atoms with E-state index in [0.717, 1.165) is 31.4 Å². The molecule has 2 amide bonds. The summed E-state index contributed by atoms with van der Waals surface area (Å²) >= 11 is 0. The minimum Gasteiger partial charge on any atom is -0.342 e. The van der Waals surface area contributed by atoms with E-state index in [2.05, 4.69) is 0 Å². The van der Waals surface area contributed by atoms with Crippen molar-refractivity contribution >= 4 is 11.8 Å². The van der Waals surface area contributed by atoms with Gasteiger partial charge in [0.05, 0.1) is 5.41 Å². The van der Waals surface area contributed by atoms with Crippen LogP contribution in [0.25, 0.3) is 0 Å². The maximum Gasteiger partial charge on any atom is 0.230 e. The van der Waals surface area contributed by atoms with Gasteiger partial charge in [-0.1, -0.05) is 13.0 Å². The second-order valence-corrected chi connectivity index (χ2v) is 7.17. The maximum absolute atomic E-state index is 13.4. The fraction of sp³-hybridized carbons (Fsp3) is 0.579. The Morgan fingerprint density at radius 3 is 2.72 bits per heavy atom. The van der Waals surface area contributed by atoms with Gasteiger partial charge in [-0.15, -0.1) is 0 Å². The third-order valence-corrected chi connectivity index (χ3v) is 5.35. The summed E-state index contributed by atoms with van der Waals surface area (Å²) < 4.78 is 26.5. The van der Waals surface area contributed by atoms with Gasteiger partial charge < -0.3 is 9.80 Å². The standard InChI is InChI=1S/C19H24F2N2O2/c1-2-4-17(24)23-10-8-19(13-23)7-3-9-22(18(19)25)12-14-5-6-15(20)16(21)11-14/h5-6,11H,2-4,7-10,12-13H2,1H3/t19-/m0/s1. The van der Waals surface area contributed by atoms with Crippen LogP contribution in [-0.4, -0.2) is 41.2 Å². The molecule has 1 atom stereocenters. The van der Waals surface area contributed by atoms with Gasteiger partial charge in [0, 0.05) is 32.6 Å². The molecule has 4 nitrogen and oxygen atoms in total. The molecule has 2 aliphatic rings. The molecule has 1 aromatic carbocycles. The van der Waals surface area contributed by atoms with Gasteiger partial charge in [-0.2, -0.15) is 0 Å². The summed E-state index contributed by atoms with van der Waals surface area (Å²) in [4.78, 5) is 28.7. The molecule has 6 heteroatoms. The average molecular weight is 350 g/mol. The third kappa shape index (κ3) is 3.53. The van der Waals surface area contributed by atoms with Crippen molar-refractivity contribution in [2.75, 3.05) is 19.6 Å². The van der Waals surface area contributed by atoms with Crippen LogP contribution >= 0.6 is 0 Å². The zero-order valence-electron chi connectivity index (χ0n) is 14.6. The van der Waals surface area contributed by atoms with E-state index in [4.69, 9.17) is 0 Å². The van der Waals surface area contributed by atoms with Crippen molar-refractivity contribution in [3.8, 4) is 0 Å². The fourth-order valence-corrected chi connectivity index (χ4v) is 4.00. The van der Waals surface area contributed by atoms with E-state index in [1.807, 2.05) is 11.8 Å². The molecule has 3 rings (SSSR count). The largest absolute Gasteiger partial charge is 0.342 e. The van der Waals surface area contributed by atoms with Crippen LogP contribution in [0.1, 0.15) is 44.6 Å². The summed E-state index contributed by atoms with van der Waals surface area (Å²) in [5.74, 6) is -1.62. The Balaban J connectivity index is 1.71. The zero-order chi connectivity index (χ0) is 18.0. The molecule has 1 spiro atoms. The molecule has 0 bridgehead atoms. The van der Waals surface area contributed by atoms with Crippen LogP contribution in [0, 0.1) is 17.0 Å². The van der Waals surface area contributed by atoms with Gasteiger partial charge in [0.15, 0.2) is 11.6 Å². The highest BCUT2D eigenvalue weighted by Gasteiger charge is 2.49. The molecule has 0 N–H and O–H groups in total. The van der Waals surface area contributed by atoms with Crippen molar-refractivity contribution in [2.24, 2.45) is 5.41 Å². The molecule has 2 fully saturated rings. The smallest absolute Gasteiger partial charge is 0.230 e. The third-order valence-electron chi connectivity index (χ3n) is 5.35. The lowest BCUT2D eigenvalue weighted by Crippen LogP contribution is -2.50. The van der Waals surface area contributed by atoms with Crippen molar-refractivity contribution in [2.45, 2.75) is 45.6 Å². The van der Waals surface area contributed by atoms with E-state index in [1.165, 1.54) is 6.07 Å². The molecule has 0 unspecified atom stereocenters. The fourth-order valence-electron chi connectivity index (χ4n) is 4.00. The number of carbonyl (C=O) groups excluding carboxylic acids is 2. The highest BCUT2D eigenvalue weighted by Crippen LogP contribution is 2.40. The lowest BCUT2D eigenvalue weighted by Gasteiger charge is -2.39. The highest BCUT2D eigenvalue weighted by molar-refractivity contribution is 5.86. The Hall–Kier alpha value is -1.98. The van der Waals surface area contributed by atoms with Crippen molar-refractivity contribution < 1.29 is 18.4 Å². The van der Waals surface area contributed by atoms with Crippen molar-refractivity contribution in [1.82, 2.24) is 9.80 Å². The molecular formula is C19H24F2N2O2. The van der Waals surface area contributed by atoms with Crippen molar-refractivity contribution in [1.29, 1.82) is 0 Å². The van der Waals surface area contributed by atoms with Gasteiger partial charge in [0.1, 0.15) is 0 Å². The van der Waals surface area contributed by atoms with Crippen molar-refractivity contribution in [3.63, 3.8) is 0 Å². The monoisotopic (exact) mass is 350 g/mol. The van der Waals surface area contributed by atoms with E-state index < -0.39 is 17.0 Å². The van der Waals surface area contributed by atoms with Gasteiger partial charge in [-0.25, -0.2) is 8.78 Å². The molecule has 2 aliphatic heterocycles. The molecule has 2 heterocycles. The Morgan fingerprint density at radius 2 is 2.00 bits per heavy atom. The van der Waals surface area contributed by atoms with Gasteiger partial charge >= 0.3 is 0 Å². The first-order valence-electron chi connectivity index (χ1n) is 8.96. The summed E-state index contributed by atoms with van der Waals surface area (Å²) in [5, 5.41) is 0. The second kappa shape index (κ2) is 7.10. The van der Waals surface area contributed by atoms with Crippen molar-refractivity contribution in [3.05, 3.63) is 35.4 Å². The predicted molar refractivity (Wildman–Crippen MR) is 89.5 cm³/mol. The number of benzene rings is 1. The van der Waals surface area contributed by atoms with Gasteiger partial charge in [-0.05, 0) is 43.4 Å². The molecule has 0 radical (unpaired) electrons. The zero-order valence-corrected chi connectivity index (χ0v) is 14.6. The number of piperidine rings is 1. The molecule has 1 aromatic rings. The van der Waals surface area contributed by atoms with Crippen LogP contribution < -0.4 is 0 Å². The van der Waals surface area contributed by atoms with Crippen LogP contribution in [0.15, 0.2) is 18.2 Å². The number of halogens is 2. The molecule has 136 valence electrons. The minimum absolute atomic E-state index is 0.0373. The Kier molecular flexibility index (Phi) is 5.06. The first-order chi connectivity index (χ1) is 11.9. The molecule has 0 aliphatic carbocycles. The van der Waals surface area contributed by atoms with E-state index >= 15 is 0 Å². The Morgan fingerprint density at radius 1 is 1.20 bits per heavy atom. The molecular weight excluding hydrogens is 326 g/mol. The normalized spacial score (nSPS) is 23.6. The Labute approximate surface area is 146 Å². The maximum atomic E-state index is 13.4. The lowest BCUT2D eigenvalue weighted by molar-refractivity contribution is -0.146. The van der Waals surface area contributed by atoms with E-state index in [1.54, 1.807) is 4.90 Å². The molecule has 2 saturated heterocycles. The molecule has 0 aromatic heterocycles. The SMILES string of the molecule is CCCC(=O)N1CC[C@@]2(CCCN(Cc3ccc(F)c(F)c3)C2=O)C1. The number of hydrogen-bond acceptors (Lipinski definition) is 2. The van der Waals surface area contributed by atoms with Crippen LogP contribution in [0.4, 0.5) is 8.78 Å². The number of hydrogen-bond donors (Lipinski definition) is 0. The van der Waals surface area contributed by atoms with E-state index in [-0.39, 0.29) is 18.4 Å². The number of amides is 2. The minimum atomic E-state index is -0.895. The average Bonchev–Trinajstić information content (AvgIpc) is 3.01. The van der Waals surface area contributed by atoms with Crippen LogP contribution in [0.2, 0.25) is 0 Å². The molecule has 0 saturated carbocycles. The van der Waals surface area contributed by atoms with E-state index in [0.29, 0.717) is 38.0 Å². The summed E-state index contributed by atoms with van der Waals surface area (Å²) in [6.45, 7) is 3.98. The quantitative estimate of drug-likeness (QED) is 0.837. The van der Waals surface area contributed by atoms with Gasteiger partial charge in [0.2, 0.25) is 11.8 Å². The first kappa shape index (κ1) is 17.8. The van der Waals surface area contributed by atoms with Gasteiger partial charge in [-0.3, -0.25) is 9.59 Å². The topological polar surface area (TPSA) is 40.6 Å². The van der Waals surface area contributed by atoms with E-state index in [9.17, 15) is 18.4 Å². The van der Waals surface area contributed by atoms with Crippen LogP contribution in [0.3, 0.4) is 0 Å². The number of likely N-dealkylation sites (tertiary alicyclic amines) is 2. The lowest BCUT2D eigenvalue weighted by atomic mass is 9.78. The Bertz CT molecular complexity index is 679. The van der Waals surface area contributed by atoms with Crippen LogP contribution in [-0.2, 0) is 16.1 Å². The number of carbonyl (C=O) groups is 2. The summed E-state index contributed by atoms with van der Waals surface area (Å²) in [6, 6.07) is 3.75. The first-order valence-corrected chi connectivity index (χ1v) is 8.96. The summed E-state index contributed by atoms with van der Waals surface area (Å²) in [6.07, 6.45) is 3.66. The number of rotatable bonds is 4. The van der Waals surface area contributed by atoms with Crippen LogP contribution in [0.5, 0.6) is 0 Å². The predicted octanol–water partition coefficient (Wildman–Crippen LogP) is 3.11. The summed E-state index contributed by atoms with van der Waals surface area (Å²) in [5.41, 5.74) is 0.0847. The highest BCUT2D eigenvalue weighted by atomic mass is 19.2. The summed E-state index contributed by atoms with van der Waals surface area (Å²) in [7, 11) is 0.